The Kier molecular flexibility index (Phi) is 5.93. The number of ether oxygens (including phenoxy) is 1. The quantitative estimate of drug-likeness (QED) is 0.668. The number of aromatic nitrogens is 2. The number of rotatable bonds is 5. The maximum absolute atomic E-state index is 12.7. The summed E-state index contributed by atoms with van der Waals surface area (Å²) in [5.41, 5.74) is 2.72. The molecule has 0 aliphatic carbocycles. The number of nitrogens with zero attached hydrogens (tertiary/aromatic N) is 3. The number of hydrogen-bond donors (Lipinski definition) is 1. The second kappa shape index (κ2) is 8.95. The Morgan fingerprint density at radius 1 is 0.933 bits per heavy atom. The number of para-hydroxylation sites is 1. The molecule has 154 valence electrons. The van der Waals surface area contributed by atoms with E-state index in [1.165, 1.54) is 0 Å². The fourth-order valence-electron chi connectivity index (χ4n) is 3.67. The Morgan fingerprint density at radius 2 is 1.53 bits per heavy atom. The number of nitrogens with one attached hydrogen (secondary N) is 1. The first-order chi connectivity index (χ1) is 14.6. The van der Waals surface area contributed by atoms with Crippen molar-refractivity contribution < 1.29 is 9.53 Å². The van der Waals surface area contributed by atoms with E-state index in [1.807, 2.05) is 74.5 Å². The van der Waals surface area contributed by atoms with E-state index in [0.717, 1.165) is 60.5 Å². The fraction of sp³-hybridized carbons (Fsp3) is 0.292. The van der Waals surface area contributed by atoms with Crippen molar-refractivity contribution in [3.8, 4) is 11.5 Å². The summed E-state index contributed by atoms with van der Waals surface area (Å²) in [6.07, 6.45) is 1.58. The van der Waals surface area contributed by atoms with Gasteiger partial charge in [-0.2, -0.15) is 0 Å². The fourth-order valence-corrected chi connectivity index (χ4v) is 3.67. The van der Waals surface area contributed by atoms with E-state index in [4.69, 9.17) is 4.74 Å². The lowest BCUT2D eigenvalue weighted by atomic mass is 9.96. The van der Waals surface area contributed by atoms with Crippen LogP contribution in [0.3, 0.4) is 0 Å². The van der Waals surface area contributed by atoms with Gasteiger partial charge in [0.25, 0.3) is 0 Å². The Balaban J connectivity index is 1.30. The Labute approximate surface area is 176 Å². The summed E-state index contributed by atoms with van der Waals surface area (Å²) in [7, 11) is 0. The van der Waals surface area contributed by atoms with E-state index in [2.05, 4.69) is 20.2 Å². The number of amides is 1. The molecule has 0 atom stereocenters. The summed E-state index contributed by atoms with van der Waals surface area (Å²) in [5, 5.41) is 3.03. The molecule has 1 aliphatic heterocycles. The highest BCUT2D eigenvalue weighted by Crippen LogP contribution is 2.25. The van der Waals surface area contributed by atoms with E-state index < -0.39 is 0 Å². The monoisotopic (exact) mass is 402 g/mol. The first-order valence-corrected chi connectivity index (χ1v) is 10.3. The molecular formula is C24H26N4O2. The second-order valence-electron chi connectivity index (χ2n) is 7.64. The summed E-state index contributed by atoms with van der Waals surface area (Å²) in [6, 6.07) is 19.1. The average Bonchev–Trinajstić information content (AvgIpc) is 2.75. The van der Waals surface area contributed by atoms with Gasteiger partial charge in [0.2, 0.25) is 11.9 Å². The van der Waals surface area contributed by atoms with Crippen molar-refractivity contribution in [1.29, 1.82) is 0 Å². The smallest absolute Gasteiger partial charge is 0.227 e. The van der Waals surface area contributed by atoms with Crippen molar-refractivity contribution in [3.63, 3.8) is 0 Å². The maximum Gasteiger partial charge on any atom is 0.227 e. The van der Waals surface area contributed by atoms with E-state index in [1.54, 1.807) is 0 Å². The van der Waals surface area contributed by atoms with Crippen LogP contribution in [0.2, 0.25) is 0 Å². The third-order valence-electron chi connectivity index (χ3n) is 5.22. The van der Waals surface area contributed by atoms with E-state index >= 15 is 0 Å². The zero-order valence-corrected chi connectivity index (χ0v) is 17.3. The highest BCUT2D eigenvalue weighted by atomic mass is 16.5. The lowest BCUT2D eigenvalue weighted by Crippen LogP contribution is -2.39. The van der Waals surface area contributed by atoms with Crippen LogP contribution in [0, 0.1) is 19.8 Å². The number of piperidine rings is 1. The molecule has 0 unspecified atom stereocenters. The van der Waals surface area contributed by atoms with Crippen LogP contribution in [0.5, 0.6) is 11.5 Å². The van der Waals surface area contributed by atoms with E-state index in [9.17, 15) is 4.79 Å². The Hall–Kier alpha value is -3.41. The SMILES string of the molecule is Cc1cc(C)nc(N2CCC(C(=O)Nc3ccc(Oc4ccccc4)cc3)CC2)n1. The van der Waals surface area contributed by atoms with Crippen LogP contribution in [-0.4, -0.2) is 29.0 Å². The van der Waals surface area contributed by atoms with Gasteiger partial charge in [-0.1, -0.05) is 18.2 Å². The van der Waals surface area contributed by atoms with Crippen LogP contribution in [0.15, 0.2) is 60.7 Å². The van der Waals surface area contributed by atoms with Crippen LogP contribution in [0.25, 0.3) is 0 Å². The number of hydrogen-bond acceptors (Lipinski definition) is 5. The molecule has 1 aliphatic rings. The molecule has 0 spiro atoms. The van der Waals surface area contributed by atoms with Gasteiger partial charge in [-0.25, -0.2) is 9.97 Å². The molecule has 1 N–H and O–H groups in total. The number of carbonyl (C=O) groups is 1. The van der Waals surface area contributed by atoms with Gasteiger partial charge in [-0.3, -0.25) is 4.79 Å². The minimum absolute atomic E-state index is 0.00704. The average molecular weight is 402 g/mol. The summed E-state index contributed by atoms with van der Waals surface area (Å²) in [4.78, 5) is 23.9. The van der Waals surface area contributed by atoms with Crippen molar-refractivity contribution in [1.82, 2.24) is 9.97 Å². The Morgan fingerprint density at radius 3 is 2.17 bits per heavy atom. The predicted molar refractivity (Wildman–Crippen MR) is 118 cm³/mol. The topological polar surface area (TPSA) is 67.4 Å². The largest absolute Gasteiger partial charge is 0.457 e. The summed E-state index contributed by atoms with van der Waals surface area (Å²) >= 11 is 0. The number of benzene rings is 2. The van der Waals surface area contributed by atoms with E-state index in [-0.39, 0.29) is 11.8 Å². The molecule has 1 fully saturated rings. The molecule has 1 aromatic heterocycles. The minimum Gasteiger partial charge on any atom is -0.457 e. The minimum atomic E-state index is -0.00704. The third-order valence-corrected chi connectivity index (χ3v) is 5.22. The molecule has 6 heteroatoms. The molecule has 1 amide bonds. The van der Waals surface area contributed by atoms with Crippen LogP contribution >= 0.6 is 0 Å². The zero-order valence-electron chi connectivity index (χ0n) is 17.3. The standard InChI is InChI=1S/C24H26N4O2/c1-17-16-18(2)26-24(25-17)28-14-12-19(13-15-28)23(29)27-20-8-10-22(11-9-20)30-21-6-4-3-5-7-21/h3-11,16,19H,12-15H2,1-2H3,(H,27,29). The van der Waals surface area contributed by atoms with Crippen molar-refractivity contribution in [3.05, 3.63) is 72.1 Å². The van der Waals surface area contributed by atoms with Crippen molar-refractivity contribution in [2.24, 2.45) is 5.92 Å². The van der Waals surface area contributed by atoms with Gasteiger partial charge >= 0.3 is 0 Å². The van der Waals surface area contributed by atoms with Gasteiger partial charge in [-0.15, -0.1) is 0 Å². The van der Waals surface area contributed by atoms with Crippen LogP contribution < -0.4 is 15.0 Å². The molecule has 4 rings (SSSR count). The highest BCUT2D eigenvalue weighted by Gasteiger charge is 2.26. The molecule has 1 saturated heterocycles. The third kappa shape index (κ3) is 4.95. The Bertz CT molecular complexity index is 977. The molecule has 3 aromatic rings. The van der Waals surface area contributed by atoms with Gasteiger partial charge < -0.3 is 15.0 Å². The molecule has 0 bridgehead atoms. The highest BCUT2D eigenvalue weighted by molar-refractivity contribution is 5.92. The molecule has 2 heterocycles. The number of carbonyl (C=O) groups excluding carboxylic acids is 1. The molecule has 2 aromatic carbocycles. The lowest BCUT2D eigenvalue weighted by Gasteiger charge is -2.31. The number of anilines is 2. The predicted octanol–water partition coefficient (Wildman–Crippen LogP) is 4.74. The molecular weight excluding hydrogens is 376 g/mol. The normalized spacial score (nSPS) is 14.4. The van der Waals surface area contributed by atoms with Crippen LogP contribution in [0.4, 0.5) is 11.6 Å². The summed E-state index contributed by atoms with van der Waals surface area (Å²) in [6.45, 7) is 5.53. The lowest BCUT2D eigenvalue weighted by molar-refractivity contribution is -0.120. The van der Waals surface area contributed by atoms with Crippen molar-refractivity contribution in [2.75, 3.05) is 23.3 Å². The van der Waals surface area contributed by atoms with Gasteiger partial charge in [0.05, 0.1) is 0 Å². The maximum atomic E-state index is 12.7. The van der Waals surface area contributed by atoms with Gasteiger partial charge in [0.15, 0.2) is 0 Å². The first-order valence-electron chi connectivity index (χ1n) is 10.3. The van der Waals surface area contributed by atoms with Gasteiger partial charge in [-0.05, 0) is 69.2 Å². The molecule has 30 heavy (non-hydrogen) atoms. The van der Waals surface area contributed by atoms with E-state index in [0.29, 0.717) is 0 Å². The summed E-state index contributed by atoms with van der Waals surface area (Å²) < 4.78 is 5.80. The molecule has 0 radical (unpaired) electrons. The molecule has 6 nitrogen and oxygen atoms in total. The van der Waals surface area contributed by atoms with Gasteiger partial charge in [0.1, 0.15) is 11.5 Å². The van der Waals surface area contributed by atoms with Gasteiger partial charge in [0, 0.05) is 36.1 Å². The summed E-state index contributed by atoms with van der Waals surface area (Å²) in [5.74, 6) is 2.34. The zero-order chi connectivity index (χ0) is 20.9. The first kappa shape index (κ1) is 19.9. The van der Waals surface area contributed by atoms with Crippen molar-refractivity contribution in [2.45, 2.75) is 26.7 Å². The molecule has 0 saturated carbocycles. The van der Waals surface area contributed by atoms with Crippen LogP contribution in [0.1, 0.15) is 24.2 Å². The second-order valence-corrected chi connectivity index (χ2v) is 7.64. The number of aryl methyl sites for hydroxylation is 2. The van der Waals surface area contributed by atoms with Crippen molar-refractivity contribution >= 4 is 17.5 Å². The van der Waals surface area contributed by atoms with Crippen LogP contribution in [-0.2, 0) is 4.79 Å².